The molecule has 0 fully saturated rings. The lowest BCUT2D eigenvalue weighted by Crippen LogP contribution is -2.27. The molecule has 12 heteroatoms. The fourth-order valence-corrected chi connectivity index (χ4v) is 3.34. The molecule has 0 bridgehead atoms. The molecule has 0 atom stereocenters. The van der Waals surface area contributed by atoms with Gasteiger partial charge in [-0.15, -0.1) is 10.2 Å². The van der Waals surface area contributed by atoms with E-state index in [1.165, 1.54) is 4.80 Å². The predicted octanol–water partition coefficient (Wildman–Crippen LogP) is 1.86. The summed E-state index contributed by atoms with van der Waals surface area (Å²) in [5, 5.41) is 23.3. The van der Waals surface area contributed by atoms with Crippen LogP contribution >= 0.6 is 0 Å². The van der Waals surface area contributed by atoms with Crippen LogP contribution in [0, 0.1) is 0 Å². The molecule has 172 valence electrons. The maximum atomic E-state index is 12.4. The summed E-state index contributed by atoms with van der Waals surface area (Å²) in [6.07, 6.45) is 9.00. The van der Waals surface area contributed by atoms with E-state index in [1.807, 2.05) is 58.4 Å². The van der Waals surface area contributed by atoms with Crippen LogP contribution in [-0.4, -0.2) is 55.5 Å². The van der Waals surface area contributed by atoms with Crippen molar-refractivity contribution in [3.05, 3.63) is 60.7 Å². The molecule has 0 aromatic carbocycles. The van der Waals surface area contributed by atoms with E-state index < -0.39 is 5.91 Å². The third kappa shape index (κ3) is 4.12. The predicted molar refractivity (Wildman–Crippen MR) is 122 cm³/mol. The maximum absolute atomic E-state index is 12.4. The Labute approximate surface area is 194 Å². The highest BCUT2D eigenvalue weighted by Gasteiger charge is 2.20. The van der Waals surface area contributed by atoms with Crippen molar-refractivity contribution in [2.45, 2.75) is 32.9 Å². The Morgan fingerprint density at radius 3 is 2.59 bits per heavy atom. The topological polar surface area (TPSA) is 134 Å². The molecular weight excluding hydrogens is 434 g/mol. The van der Waals surface area contributed by atoms with Gasteiger partial charge in [-0.3, -0.25) is 14.5 Å². The summed E-state index contributed by atoms with van der Waals surface area (Å²) in [6, 6.07) is 5.67. The van der Waals surface area contributed by atoms with Crippen molar-refractivity contribution in [1.29, 1.82) is 0 Å². The molecule has 0 saturated heterocycles. The zero-order valence-corrected chi connectivity index (χ0v) is 19.2. The van der Waals surface area contributed by atoms with Crippen LogP contribution < -0.4 is 5.32 Å². The lowest BCUT2D eigenvalue weighted by molar-refractivity contribution is 0.0939. The Kier molecular flexibility index (Phi) is 5.11. The summed E-state index contributed by atoms with van der Waals surface area (Å²) in [5.74, 6) is -0.390. The number of rotatable bonds is 5. The van der Waals surface area contributed by atoms with E-state index in [0.717, 1.165) is 28.0 Å². The number of nitrogens with one attached hydrogen (secondary N) is 1. The van der Waals surface area contributed by atoms with Crippen molar-refractivity contribution in [3.8, 4) is 22.5 Å². The number of pyridine rings is 1. The summed E-state index contributed by atoms with van der Waals surface area (Å²) in [7, 11) is 1.86. The van der Waals surface area contributed by atoms with E-state index in [0.29, 0.717) is 5.69 Å². The van der Waals surface area contributed by atoms with Crippen LogP contribution in [-0.2, 0) is 19.1 Å². The molecule has 0 aliphatic carbocycles. The Morgan fingerprint density at radius 1 is 1.06 bits per heavy atom. The SMILES string of the molecule is Cn1cc(-c2cn3nccc3c(-c3ccc(CNC(=O)c4nnn(C(C)(C)C)n4)nc3)n2)cn1. The summed E-state index contributed by atoms with van der Waals surface area (Å²) in [4.78, 5) is 23.2. The van der Waals surface area contributed by atoms with Crippen molar-refractivity contribution in [2.75, 3.05) is 0 Å². The smallest absolute Gasteiger partial charge is 0.293 e. The number of carbonyl (C=O) groups excluding carboxylic acids is 1. The second-order valence-corrected chi connectivity index (χ2v) is 8.83. The van der Waals surface area contributed by atoms with Gasteiger partial charge in [0.25, 0.3) is 11.7 Å². The minimum Gasteiger partial charge on any atom is -0.344 e. The van der Waals surface area contributed by atoms with Gasteiger partial charge in [-0.25, -0.2) is 9.50 Å². The van der Waals surface area contributed by atoms with E-state index in [1.54, 1.807) is 27.8 Å². The van der Waals surface area contributed by atoms with Gasteiger partial charge in [0.05, 0.1) is 53.3 Å². The van der Waals surface area contributed by atoms with Crippen molar-refractivity contribution >= 4 is 11.4 Å². The third-order valence-electron chi connectivity index (χ3n) is 5.14. The highest BCUT2D eigenvalue weighted by atomic mass is 16.2. The summed E-state index contributed by atoms with van der Waals surface area (Å²) in [5.41, 5.74) is 4.44. The van der Waals surface area contributed by atoms with Gasteiger partial charge in [0.1, 0.15) is 0 Å². The van der Waals surface area contributed by atoms with E-state index in [9.17, 15) is 4.79 Å². The zero-order valence-electron chi connectivity index (χ0n) is 19.2. The lowest BCUT2D eigenvalue weighted by Gasteiger charge is -2.15. The number of fused-ring (bicyclic) bond motifs is 1. The maximum Gasteiger partial charge on any atom is 0.293 e. The van der Waals surface area contributed by atoms with Crippen LogP contribution in [0.3, 0.4) is 0 Å². The first-order valence-corrected chi connectivity index (χ1v) is 10.7. The molecule has 12 nitrogen and oxygen atoms in total. The highest BCUT2D eigenvalue weighted by molar-refractivity contribution is 5.90. The Balaban J connectivity index is 1.35. The number of hydrogen-bond acceptors (Lipinski definition) is 8. The number of tetrazole rings is 1. The van der Waals surface area contributed by atoms with Gasteiger partial charge in [0.15, 0.2) is 0 Å². The van der Waals surface area contributed by atoms with Crippen LogP contribution in [0.5, 0.6) is 0 Å². The molecule has 5 aromatic heterocycles. The fraction of sp³-hybridized carbons (Fsp3) is 0.273. The van der Waals surface area contributed by atoms with Crippen LogP contribution in [0.2, 0.25) is 0 Å². The number of aromatic nitrogens is 10. The number of aryl methyl sites for hydroxylation is 1. The van der Waals surface area contributed by atoms with Gasteiger partial charge in [-0.05, 0) is 44.2 Å². The standard InChI is InChI=1S/C22H23N11O/c1-22(2,3)33-29-20(28-30-33)21(34)24-11-16-6-5-14(9-23-16)19-18-7-8-25-32(18)13-17(27-19)15-10-26-31(4)12-15/h5-10,12-13H,11H2,1-4H3,(H,24,34). The Morgan fingerprint density at radius 2 is 1.91 bits per heavy atom. The Hall–Kier alpha value is -4.48. The van der Waals surface area contributed by atoms with Crippen LogP contribution in [0.1, 0.15) is 37.1 Å². The second kappa shape index (κ2) is 8.14. The van der Waals surface area contributed by atoms with Gasteiger partial charge in [-0.1, -0.05) is 0 Å². The summed E-state index contributed by atoms with van der Waals surface area (Å²) >= 11 is 0. The first-order chi connectivity index (χ1) is 16.3. The van der Waals surface area contributed by atoms with Gasteiger partial charge in [0.2, 0.25) is 0 Å². The number of nitrogens with zero attached hydrogens (tertiary/aromatic N) is 10. The molecule has 0 aliphatic rings. The monoisotopic (exact) mass is 457 g/mol. The van der Waals surface area contributed by atoms with E-state index in [-0.39, 0.29) is 17.9 Å². The van der Waals surface area contributed by atoms with E-state index in [2.05, 4.69) is 35.9 Å². The Bertz CT molecular complexity index is 1470. The number of carbonyl (C=O) groups is 1. The number of hydrogen-bond donors (Lipinski definition) is 1. The van der Waals surface area contributed by atoms with Gasteiger partial charge >= 0.3 is 0 Å². The van der Waals surface area contributed by atoms with Crippen LogP contribution in [0.25, 0.3) is 28.0 Å². The molecule has 5 heterocycles. The van der Waals surface area contributed by atoms with Crippen molar-refractivity contribution < 1.29 is 4.79 Å². The lowest BCUT2D eigenvalue weighted by atomic mass is 10.1. The molecule has 0 aliphatic heterocycles. The first kappa shape index (κ1) is 21.4. The molecule has 5 rings (SSSR count). The molecule has 0 saturated carbocycles. The normalized spacial score (nSPS) is 11.8. The quantitative estimate of drug-likeness (QED) is 0.423. The molecule has 1 amide bonds. The van der Waals surface area contributed by atoms with Crippen LogP contribution in [0.15, 0.2) is 49.2 Å². The minimum atomic E-state index is -0.409. The first-order valence-electron chi connectivity index (χ1n) is 10.7. The zero-order chi connectivity index (χ0) is 23.9. The fourth-order valence-electron chi connectivity index (χ4n) is 3.34. The summed E-state index contributed by atoms with van der Waals surface area (Å²) < 4.78 is 3.52. The van der Waals surface area contributed by atoms with Crippen molar-refractivity contribution in [2.24, 2.45) is 7.05 Å². The van der Waals surface area contributed by atoms with E-state index in [4.69, 9.17) is 4.98 Å². The molecule has 0 radical (unpaired) electrons. The molecule has 0 unspecified atom stereocenters. The number of amides is 1. The van der Waals surface area contributed by atoms with Crippen molar-refractivity contribution in [3.63, 3.8) is 0 Å². The average Bonchev–Trinajstić information content (AvgIpc) is 3.57. The second-order valence-electron chi connectivity index (χ2n) is 8.83. The largest absolute Gasteiger partial charge is 0.344 e. The third-order valence-corrected chi connectivity index (χ3v) is 5.14. The minimum absolute atomic E-state index is 0.0195. The summed E-state index contributed by atoms with van der Waals surface area (Å²) in [6.45, 7) is 6.02. The van der Waals surface area contributed by atoms with E-state index >= 15 is 0 Å². The van der Waals surface area contributed by atoms with Crippen molar-refractivity contribution in [1.82, 2.24) is 54.9 Å². The average molecular weight is 458 g/mol. The van der Waals surface area contributed by atoms with Gasteiger partial charge in [0, 0.05) is 30.6 Å². The molecule has 0 spiro atoms. The van der Waals surface area contributed by atoms with Gasteiger partial charge in [-0.2, -0.15) is 15.0 Å². The highest BCUT2D eigenvalue weighted by Crippen LogP contribution is 2.26. The molecule has 1 N–H and O–H groups in total. The van der Waals surface area contributed by atoms with Crippen LogP contribution in [0.4, 0.5) is 0 Å². The molecule has 5 aromatic rings. The molecular formula is C22H23N11O. The van der Waals surface area contributed by atoms with Gasteiger partial charge < -0.3 is 5.32 Å². The molecule has 34 heavy (non-hydrogen) atoms.